The largest absolute Gasteiger partial charge is 0.351 e. The highest BCUT2D eigenvalue weighted by Gasteiger charge is 2.59. The number of rotatable bonds is 4. The lowest BCUT2D eigenvalue weighted by Crippen LogP contribution is -2.51. The van der Waals surface area contributed by atoms with Crippen LogP contribution in [-0.4, -0.2) is 23.5 Å². The number of allylic oxidation sites excluding steroid dienone is 1. The number of fused-ring (bicyclic) bond motifs is 5. The Labute approximate surface area is 199 Å². The van der Waals surface area contributed by atoms with Crippen molar-refractivity contribution in [2.24, 2.45) is 51.3 Å². The Morgan fingerprint density at radius 1 is 1.12 bits per heavy atom. The van der Waals surface area contributed by atoms with E-state index in [1.54, 1.807) is 0 Å². The van der Waals surface area contributed by atoms with Crippen molar-refractivity contribution < 1.29 is 14.4 Å². The molecule has 7 atom stereocenters. The van der Waals surface area contributed by atoms with Crippen molar-refractivity contribution in [3.05, 3.63) is 11.6 Å². The molecule has 0 aromatic heterocycles. The van der Waals surface area contributed by atoms with E-state index in [9.17, 15) is 9.59 Å². The Balaban J connectivity index is 0.00000289. The van der Waals surface area contributed by atoms with Gasteiger partial charge in [-0.2, -0.15) is 0 Å². The van der Waals surface area contributed by atoms with E-state index in [1.165, 1.54) is 31.3 Å². The maximum Gasteiger partial charge on any atom is 0.351 e. The van der Waals surface area contributed by atoms with Gasteiger partial charge in [0.05, 0.1) is 5.71 Å². The van der Waals surface area contributed by atoms with Gasteiger partial charge in [0, 0.05) is 12.3 Å². The molecular formula is C26H41ClN2O3. The summed E-state index contributed by atoms with van der Waals surface area (Å²) in [6, 6.07) is -0.633. The second-order valence-corrected chi connectivity index (χ2v) is 11.6. The average Bonchev–Trinajstić information content (AvgIpc) is 3.09. The molecule has 4 aliphatic rings. The third kappa shape index (κ3) is 4.09. The topological polar surface area (TPSA) is 81.8 Å². The van der Waals surface area contributed by atoms with E-state index in [0.29, 0.717) is 30.0 Å². The quantitative estimate of drug-likeness (QED) is 0.340. The van der Waals surface area contributed by atoms with Gasteiger partial charge in [-0.15, -0.1) is 12.4 Å². The minimum Gasteiger partial charge on any atom is -0.318 e. The Kier molecular flexibility index (Phi) is 7.32. The molecule has 0 spiro atoms. The van der Waals surface area contributed by atoms with Crippen LogP contribution in [0.25, 0.3) is 0 Å². The molecule has 6 heteroatoms. The van der Waals surface area contributed by atoms with Crippen molar-refractivity contribution in [3.63, 3.8) is 0 Å². The first-order chi connectivity index (χ1) is 14.6. The molecule has 5 nitrogen and oxygen atoms in total. The van der Waals surface area contributed by atoms with Gasteiger partial charge in [-0.25, -0.2) is 4.79 Å². The maximum atomic E-state index is 12.2. The number of halogens is 1. The van der Waals surface area contributed by atoms with Crippen molar-refractivity contribution >= 4 is 29.9 Å². The van der Waals surface area contributed by atoms with Crippen molar-refractivity contribution in [2.75, 3.05) is 0 Å². The summed E-state index contributed by atoms with van der Waals surface area (Å²) in [5.74, 6) is 2.38. The molecule has 0 amide bonds. The van der Waals surface area contributed by atoms with Gasteiger partial charge in [-0.3, -0.25) is 4.79 Å². The Bertz CT molecular complexity index is 822. The number of nitrogens with zero attached hydrogens (tertiary/aromatic N) is 1. The first kappa shape index (κ1) is 25.4. The summed E-state index contributed by atoms with van der Waals surface area (Å²) in [7, 11) is 0. The summed E-state index contributed by atoms with van der Waals surface area (Å²) in [4.78, 5) is 29.4. The summed E-state index contributed by atoms with van der Waals surface area (Å²) >= 11 is 0. The summed E-state index contributed by atoms with van der Waals surface area (Å²) in [5, 5.41) is 4.28. The average molecular weight is 465 g/mol. The fraction of sp³-hybridized carbons (Fsp3) is 0.808. The zero-order valence-electron chi connectivity index (χ0n) is 20.4. The van der Waals surface area contributed by atoms with Crippen molar-refractivity contribution in [1.29, 1.82) is 0 Å². The van der Waals surface area contributed by atoms with Crippen molar-refractivity contribution in [2.45, 2.75) is 92.0 Å². The molecule has 3 fully saturated rings. The van der Waals surface area contributed by atoms with E-state index in [4.69, 9.17) is 10.6 Å². The summed E-state index contributed by atoms with van der Waals surface area (Å²) in [6.07, 6.45) is 10.8. The van der Waals surface area contributed by atoms with Gasteiger partial charge < -0.3 is 10.6 Å². The molecule has 4 aliphatic carbocycles. The number of ketones is 1. The van der Waals surface area contributed by atoms with E-state index in [1.807, 2.05) is 26.8 Å². The van der Waals surface area contributed by atoms with Crippen LogP contribution in [0.4, 0.5) is 0 Å². The Hall–Kier alpha value is -1.20. The SMILES string of the molecule is CC(=NOC(=O)[C@@H](N)C(C)C)[C@H]1CC[C@H]2[C@@H]3CCC4=CC(=O)CC[C@]4(C)[C@H]3CC[C@]12C.Cl. The van der Waals surface area contributed by atoms with Crippen LogP contribution in [-0.2, 0) is 14.4 Å². The van der Waals surface area contributed by atoms with Crippen LogP contribution in [0.1, 0.15) is 86.0 Å². The summed E-state index contributed by atoms with van der Waals surface area (Å²) in [6.45, 7) is 10.7. The molecule has 4 rings (SSSR count). The number of carbonyl (C=O) groups excluding carboxylic acids is 2. The van der Waals surface area contributed by atoms with Gasteiger partial charge in [0.2, 0.25) is 0 Å². The van der Waals surface area contributed by atoms with Gasteiger partial charge >= 0.3 is 5.97 Å². The van der Waals surface area contributed by atoms with Crippen molar-refractivity contribution in [3.8, 4) is 0 Å². The van der Waals surface area contributed by atoms with Gasteiger partial charge in [-0.05, 0) is 92.4 Å². The number of nitrogens with two attached hydrogens (primary N) is 1. The highest BCUT2D eigenvalue weighted by molar-refractivity contribution is 5.91. The van der Waals surface area contributed by atoms with Crippen LogP contribution in [0.5, 0.6) is 0 Å². The number of hydrogen-bond acceptors (Lipinski definition) is 5. The van der Waals surface area contributed by atoms with Crippen LogP contribution >= 0.6 is 12.4 Å². The molecule has 2 N–H and O–H groups in total. The van der Waals surface area contributed by atoms with Gasteiger partial charge in [-0.1, -0.05) is 38.4 Å². The summed E-state index contributed by atoms with van der Waals surface area (Å²) in [5.41, 5.74) is 8.70. The Morgan fingerprint density at radius 3 is 2.53 bits per heavy atom. The van der Waals surface area contributed by atoms with E-state index in [2.05, 4.69) is 19.0 Å². The highest BCUT2D eigenvalue weighted by Crippen LogP contribution is 2.66. The standard InChI is InChI=1S/C26H40N2O3.ClH/c1-15(2)23(27)24(30)31-28-16(3)20-8-9-21-19-7-6-17-14-18(29)10-12-25(17,4)22(19)11-13-26(20,21)5;/h14-15,19-23H,6-13,27H2,1-5H3;1H/t19-,20+,21-,22-,23-,25-,26+;/m0./s1. The number of oxime groups is 1. The predicted octanol–water partition coefficient (Wildman–Crippen LogP) is 5.46. The maximum absolute atomic E-state index is 12.2. The number of hydrogen-bond donors (Lipinski definition) is 1. The monoisotopic (exact) mass is 464 g/mol. The molecule has 32 heavy (non-hydrogen) atoms. The number of carbonyl (C=O) groups is 2. The normalized spacial score (nSPS) is 39.9. The molecule has 0 aromatic carbocycles. The lowest BCUT2D eigenvalue weighted by molar-refractivity contribution is -0.146. The predicted molar refractivity (Wildman–Crippen MR) is 129 cm³/mol. The van der Waals surface area contributed by atoms with E-state index in [-0.39, 0.29) is 29.2 Å². The Morgan fingerprint density at radius 2 is 1.84 bits per heavy atom. The summed E-state index contributed by atoms with van der Waals surface area (Å²) < 4.78 is 0. The molecule has 180 valence electrons. The molecular weight excluding hydrogens is 424 g/mol. The van der Waals surface area contributed by atoms with E-state index < -0.39 is 12.0 Å². The minimum atomic E-state index is -0.633. The van der Waals surface area contributed by atoms with Gasteiger partial charge in [0.15, 0.2) is 5.78 Å². The van der Waals surface area contributed by atoms with E-state index >= 15 is 0 Å². The van der Waals surface area contributed by atoms with Crippen LogP contribution in [0.2, 0.25) is 0 Å². The van der Waals surface area contributed by atoms with E-state index in [0.717, 1.165) is 30.9 Å². The molecule has 3 saturated carbocycles. The van der Waals surface area contributed by atoms with Crippen LogP contribution in [0.15, 0.2) is 16.8 Å². The third-order valence-electron chi connectivity index (χ3n) is 9.74. The zero-order chi connectivity index (χ0) is 22.6. The van der Waals surface area contributed by atoms with Crippen molar-refractivity contribution in [1.82, 2.24) is 0 Å². The molecule has 0 aromatic rings. The molecule has 0 bridgehead atoms. The second kappa shape index (κ2) is 9.21. The molecule has 0 saturated heterocycles. The molecule has 0 aliphatic heterocycles. The fourth-order valence-corrected chi connectivity index (χ4v) is 7.76. The van der Waals surface area contributed by atoms with Crippen LogP contribution < -0.4 is 5.73 Å². The van der Waals surface area contributed by atoms with Crippen LogP contribution in [0.3, 0.4) is 0 Å². The minimum absolute atomic E-state index is 0. The first-order valence-electron chi connectivity index (χ1n) is 12.3. The molecule has 0 unspecified atom stereocenters. The lowest BCUT2D eigenvalue weighted by Gasteiger charge is -2.58. The van der Waals surface area contributed by atoms with Gasteiger partial charge in [0.25, 0.3) is 0 Å². The molecule has 0 heterocycles. The zero-order valence-corrected chi connectivity index (χ0v) is 21.2. The fourth-order valence-electron chi connectivity index (χ4n) is 7.76. The molecule has 0 radical (unpaired) electrons. The smallest absolute Gasteiger partial charge is 0.318 e. The lowest BCUT2D eigenvalue weighted by atomic mass is 9.46. The third-order valence-corrected chi connectivity index (χ3v) is 9.74. The van der Waals surface area contributed by atoms with Crippen LogP contribution in [0, 0.1) is 40.4 Å². The highest BCUT2D eigenvalue weighted by atomic mass is 35.5. The second-order valence-electron chi connectivity index (χ2n) is 11.6. The first-order valence-corrected chi connectivity index (χ1v) is 12.3. The van der Waals surface area contributed by atoms with Gasteiger partial charge in [0.1, 0.15) is 6.04 Å².